The molecule has 1 fully saturated rings. The predicted octanol–water partition coefficient (Wildman–Crippen LogP) is 2.56. The van der Waals surface area contributed by atoms with E-state index in [9.17, 15) is 9.90 Å². The molecule has 1 N–H and O–H groups in total. The van der Waals surface area contributed by atoms with E-state index in [2.05, 4.69) is 15.1 Å². The average Bonchev–Trinajstić information content (AvgIpc) is 3.05. The van der Waals surface area contributed by atoms with Crippen molar-refractivity contribution in [1.29, 1.82) is 0 Å². The fourth-order valence-corrected chi connectivity index (χ4v) is 2.70. The molecule has 1 aliphatic heterocycles. The molecular formula is C16H20N4O3. The van der Waals surface area contributed by atoms with Crippen LogP contribution in [0.2, 0.25) is 0 Å². The highest BCUT2D eigenvalue weighted by Crippen LogP contribution is 2.26. The quantitative estimate of drug-likeness (QED) is 0.926. The van der Waals surface area contributed by atoms with Gasteiger partial charge in [0.15, 0.2) is 5.82 Å². The lowest BCUT2D eigenvalue weighted by Gasteiger charge is -2.31. The lowest BCUT2D eigenvalue weighted by atomic mass is 9.98. The van der Waals surface area contributed by atoms with E-state index in [1.165, 1.54) is 0 Å². The number of carbonyl (C=O) groups is 1. The van der Waals surface area contributed by atoms with Crippen molar-refractivity contribution in [3.05, 3.63) is 24.2 Å². The topological polar surface area (TPSA) is 92.4 Å². The summed E-state index contributed by atoms with van der Waals surface area (Å²) in [4.78, 5) is 22.0. The Morgan fingerprint density at radius 1 is 1.48 bits per heavy atom. The van der Waals surface area contributed by atoms with Crippen LogP contribution in [0.25, 0.3) is 11.5 Å². The third-order valence-electron chi connectivity index (χ3n) is 4.05. The van der Waals surface area contributed by atoms with E-state index < -0.39 is 5.97 Å². The van der Waals surface area contributed by atoms with E-state index in [-0.39, 0.29) is 11.8 Å². The van der Waals surface area contributed by atoms with Crippen LogP contribution in [-0.4, -0.2) is 39.3 Å². The molecule has 0 bridgehead atoms. The number of nitrogens with zero attached hydrogens (tertiary/aromatic N) is 4. The van der Waals surface area contributed by atoms with E-state index in [0.717, 1.165) is 24.3 Å². The molecule has 0 amide bonds. The summed E-state index contributed by atoms with van der Waals surface area (Å²) in [6.07, 6.45) is 3.25. The first-order chi connectivity index (χ1) is 11.0. The molecule has 3 heterocycles. The van der Waals surface area contributed by atoms with Crippen LogP contribution in [-0.2, 0) is 4.79 Å². The smallest absolute Gasteiger partial charge is 0.308 e. The molecule has 1 saturated heterocycles. The van der Waals surface area contributed by atoms with E-state index in [0.29, 0.717) is 24.7 Å². The number of piperidine rings is 1. The lowest BCUT2D eigenvalue weighted by molar-refractivity contribution is -0.141. The van der Waals surface area contributed by atoms with Gasteiger partial charge in [-0.05, 0) is 25.0 Å². The van der Waals surface area contributed by atoms with Crippen LogP contribution in [0.3, 0.4) is 0 Å². The standard InChI is InChI=1S/C16H20N4O3/c1-10(2)14-18-15(23-19-14)11-5-6-17-13(8-11)20-7-3-4-12(9-20)16(21)22/h5-6,8,10,12H,3-4,7,9H2,1-2H3,(H,21,22). The minimum Gasteiger partial charge on any atom is -0.481 e. The lowest BCUT2D eigenvalue weighted by Crippen LogP contribution is -2.39. The Balaban J connectivity index is 1.83. The zero-order valence-electron chi connectivity index (χ0n) is 13.3. The van der Waals surface area contributed by atoms with Crippen molar-refractivity contribution < 1.29 is 14.4 Å². The normalized spacial score (nSPS) is 18.4. The molecule has 0 radical (unpaired) electrons. The molecule has 23 heavy (non-hydrogen) atoms. The SMILES string of the molecule is CC(C)c1noc(-c2ccnc(N3CCCC(C(=O)O)C3)c2)n1. The summed E-state index contributed by atoms with van der Waals surface area (Å²) in [5.41, 5.74) is 0.798. The number of rotatable bonds is 4. The van der Waals surface area contributed by atoms with Crippen molar-refractivity contribution in [3.63, 3.8) is 0 Å². The van der Waals surface area contributed by atoms with Gasteiger partial charge in [0.25, 0.3) is 5.89 Å². The molecule has 1 atom stereocenters. The molecule has 2 aromatic rings. The van der Waals surface area contributed by atoms with Crippen LogP contribution in [0.4, 0.5) is 5.82 Å². The maximum Gasteiger partial charge on any atom is 0.308 e. The van der Waals surface area contributed by atoms with Crippen LogP contribution < -0.4 is 4.90 Å². The fraction of sp³-hybridized carbons (Fsp3) is 0.500. The third kappa shape index (κ3) is 3.33. The summed E-state index contributed by atoms with van der Waals surface area (Å²) in [5.74, 6) is 0.992. The van der Waals surface area contributed by atoms with Crippen LogP contribution in [0.5, 0.6) is 0 Å². The van der Waals surface area contributed by atoms with Crippen LogP contribution >= 0.6 is 0 Å². The summed E-state index contributed by atoms with van der Waals surface area (Å²) in [6, 6.07) is 3.70. The molecule has 0 saturated carbocycles. The number of carboxylic acid groups (broad SMARTS) is 1. The fourth-order valence-electron chi connectivity index (χ4n) is 2.70. The molecule has 2 aromatic heterocycles. The van der Waals surface area contributed by atoms with Crippen LogP contribution in [0, 0.1) is 5.92 Å². The van der Waals surface area contributed by atoms with Crippen molar-refractivity contribution in [2.45, 2.75) is 32.6 Å². The Hall–Kier alpha value is -2.44. The van der Waals surface area contributed by atoms with Crippen molar-refractivity contribution in [2.75, 3.05) is 18.0 Å². The van der Waals surface area contributed by atoms with Gasteiger partial charge >= 0.3 is 5.97 Å². The van der Waals surface area contributed by atoms with Crippen molar-refractivity contribution in [2.24, 2.45) is 5.92 Å². The van der Waals surface area contributed by atoms with E-state index in [1.807, 2.05) is 30.9 Å². The van der Waals surface area contributed by atoms with Gasteiger partial charge in [-0.15, -0.1) is 0 Å². The number of anilines is 1. The molecular weight excluding hydrogens is 296 g/mol. The van der Waals surface area contributed by atoms with Gasteiger partial charge in [-0.1, -0.05) is 19.0 Å². The minimum absolute atomic E-state index is 0.201. The first kappa shape index (κ1) is 15.5. The second kappa shape index (κ2) is 6.36. The summed E-state index contributed by atoms with van der Waals surface area (Å²) >= 11 is 0. The largest absolute Gasteiger partial charge is 0.481 e. The monoisotopic (exact) mass is 316 g/mol. The van der Waals surface area contributed by atoms with Crippen molar-refractivity contribution >= 4 is 11.8 Å². The summed E-state index contributed by atoms with van der Waals surface area (Å²) in [5, 5.41) is 13.2. The molecule has 3 rings (SSSR count). The maximum absolute atomic E-state index is 11.2. The average molecular weight is 316 g/mol. The van der Waals surface area contributed by atoms with Gasteiger partial charge in [-0.2, -0.15) is 4.98 Å². The Morgan fingerprint density at radius 3 is 3.00 bits per heavy atom. The summed E-state index contributed by atoms with van der Waals surface area (Å²) in [7, 11) is 0. The van der Waals surface area contributed by atoms with E-state index >= 15 is 0 Å². The molecule has 1 aliphatic rings. The zero-order chi connectivity index (χ0) is 16.4. The highest BCUT2D eigenvalue weighted by molar-refractivity contribution is 5.71. The van der Waals surface area contributed by atoms with Gasteiger partial charge in [0.1, 0.15) is 5.82 Å². The number of carboxylic acids is 1. The summed E-state index contributed by atoms with van der Waals surface area (Å²) in [6.45, 7) is 5.30. The van der Waals surface area contributed by atoms with Crippen LogP contribution in [0.15, 0.2) is 22.9 Å². The van der Waals surface area contributed by atoms with Gasteiger partial charge < -0.3 is 14.5 Å². The molecule has 1 unspecified atom stereocenters. The number of aromatic nitrogens is 3. The van der Waals surface area contributed by atoms with Gasteiger partial charge in [0.05, 0.1) is 5.92 Å². The number of aliphatic carboxylic acids is 1. The van der Waals surface area contributed by atoms with Crippen molar-refractivity contribution in [1.82, 2.24) is 15.1 Å². The Kier molecular flexibility index (Phi) is 4.27. The first-order valence-electron chi connectivity index (χ1n) is 7.82. The number of hydrogen-bond donors (Lipinski definition) is 1. The third-order valence-corrected chi connectivity index (χ3v) is 4.05. The molecule has 122 valence electrons. The van der Waals surface area contributed by atoms with Gasteiger partial charge in [0.2, 0.25) is 0 Å². The summed E-state index contributed by atoms with van der Waals surface area (Å²) < 4.78 is 5.31. The molecule has 7 nitrogen and oxygen atoms in total. The van der Waals surface area contributed by atoms with Gasteiger partial charge in [-0.3, -0.25) is 4.79 Å². The highest BCUT2D eigenvalue weighted by Gasteiger charge is 2.26. The van der Waals surface area contributed by atoms with Gasteiger partial charge in [0, 0.05) is 30.8 Å². The second-order valence-electron chi connectivity index (χ2n) is 6.14. The number of hydrogen-bond acceptors (Lipinski definition) is 6. The molecule has 0 aromatic carbocycles. The Morgan fingerprint density at radius 2 is 2.30 bits per heavy atom. The zero-order valence-corrected chi connectivity index (χ0v) is 13.3. The Labute approximate surface area is 134 Å². The predicted molar refractivity (Wildman–Crippen MR) is 84.2 cm³/mol. The van der Waals surface area contributed by atoms with E-state index in [4.69, 9.17) is 4.52 Å². The van der Waals surface area contributed by atoms with Gasteiger partial charge in [-0.25, -0.2) is 4.98 Å². The van der Waals surface area contributed by atoms with Crippen molar-refractivity contribution in [3.8, 4) is 11.5 Å². The molecule has 0 aliphatic carbocycles. The minimum atomic E-state index is -0.746. The maximum atomic E-state index is 11.2. The molecule has 7 heteroatoms. The second-order valence-corrected chi connectivity index (χ2v) is 6.14. The Bertz CT molecular complexity index is 698. The first-order valence-corrected chi connectivity index (χ1v) is 7.82. The highest BCUT2D eigenvalue weighted by atomic mass is 16.5. The molecule has 0 spiro atoms. The van der Waals surface area contributed by atoms with Crippen LogP contribution in [0.1, 0.15) is 38.4 Å². The van der Waals surface area contributed by atoms with E-state index in [1.54, 1.807) is 6.20 Å². The number of pyridine rings is 1.